The summed E-state index contributed by atoms with van der Waals surface area (Å²) in [6.45, 7) is 1.77. The van der Waals surface area contributed by atoms with Gasteiger partial charge >= 0.3 is 0 Å². The van der Waals surface area contributed by atoms with Crippen LogP contribution in [0.4, 0.5) is 5.69 Å². The lowest BCUT2D eigenvalue weighted by molar-refractivity contribution is 0.0996. The van der Waals surface area contributed by atoms with Gasteiger partial charge in [-0.2, -0.15) is 0 Å². The fraction of sp³-hybridized carbons (Fsp3) is 0.222. The molecule has 0 radical (unpaired) electrons. The maximum atomic E-state index is 11.6. The zero-order valence-corrected chi connectivity index (χ0v) is 9.60. The Kier molecular flexibility index (Phi) is 3.39. The fourth-order valence-corrected chi connectivity index (χ4v) is 1.42. The van der Waals surface area contributed by atoms with Crippen molar-refractivity contribution in [1.82, 2.24) is 0 Å². The van der Waals surface area contributed by atoms with Gasteiger partial charge in [0.05, 0.1) is 4.83 Å². The van der Waals surface area contributed by atoms with Crippen LogP contribution < -0.4 is 5.73 Å². The summed E-state index contributed by atoms with van der Waals surface area (Å²) in [4.78, 5) is 12.1. The standard InChI is InChI=1S/C9H10BrNOS/c1-5(10)9(12)7-4-6(13)2-3-8(7)11/h2-5,13H,11H2,1H3. The zero-order valence-electron chi connectivity index (χ0n) is 7.12. The van der Waals surface area contributed by atoms with E-state index in [4.69, 9.17) is 5.73 Å². The average molecular weight is 260 g/mol. The van der Waals surface area contributed by atoms with E-state index >= 15 is 0 Å². The van der Waals surface area contributed by atoms with Gasteiger partial charge in [0.1, 0.15) is 0 Å². The molecule has 70 valence electrons. The first kappa shape index (κ1) is 10.6. The molecule has 0 fully saturated rings. The molecule has 0 aliphatic carbocycles. The Bertz CT molecular complexity index is 338. The van der Waals surface area contributed by atoms with Gasteiger partial charge in [-0.25, -0.2) is 0 Å². The Morgan fingerprint density at radius 3 is 2.77 bits per heavy atom. The molecule has 0 bridgehead atoms. The quantitative estimate of drug-likeness (QED) is 0.371. The minimum Gasteiger partial charge on any atom is -0.398 e. The number of anilines is 1. The number of halogens is 1. The van der Waals surface area contributed by atoms with Crippen molar-refractivity contribution in [3.8, 4) is 0 Å². The van der Waals surface area contributed by atoms with Gasteiger partial charge in [-0.05, 0) is 25.1 Å². The van der Waals surface area contributed by atoms with E-state index in [-0.39, 0.29) is 10.6 Å². The molecule has 1 aromatic carbocycles. The molecule has 0 saturated heterocycles. The SMILES string of the molecule is CC(Br)C(=O)c1cc(S)ccc1N. The number of alkyl halides is 1. The number of thiol groups is 1. The van der Waals surface area contributed by atoms with Crippen LogP contribution >= 0.6 is 28.6 Å². The number of carbonyl (C=O) groups is 1. The van der Waals surface area contributed by atoms with Gasteiger partial charge in [0.25, 0.3) is 0 Å². The molecule has 1 unspecified atom stereocenters. The van der Waals surface area contributed by atoms with Crippen LogP contribution in [-0.4, -0.2) is 10.6 Å². The van der Waals surface area contributed by atoms with Crippen LogP contribution in [0.2, 0.25) is 0 Å². The van der Waals surface area contributed by atoms with E-state index in [9.17, 15) is 4.79 Å². The Balaban J connectivity index is 3.13. The van der Waals surface area contributed by atoms with Crippen LogP contribution in [0, 0.1) is 0 Å². The van der Waals surface area contributed by atoms with Crippen LogP contribution in [0.25, 0.3) is 0 Å². The second-order valence-corrected chi connectivity index (χ2v) is 4.64. The van der Waals surface area contributed by atoms with Crippen LogP contribution in [-0.2, 0) is 0 Å². The average Bonchev–Trinajstić information content (AvgIpc) is 2.08. The second kappa shape index (κ2) is 4.15. The normalized spacial score (nSPS) is 12.5. The molecular formula is C9H10BrNOS. The van der Waals surface area contributed by atoms with Crippen molar-refractivity contribution in [2.24, 2.45) is 0 Å². The molecule has 0 heterocycles. The number of nitrogens with two attached hydrogens (primary N) is 1. The monoisotopic (exact) mass is 259 g/mol. The summed E-state index contributed by atoms with van der Waals surface area (Å²) in [6.07, 6.45) is 0. The van der Waals surface area contributed by atoms with Crippen molar-refractivity contribution in [3.63, 3.8) is 0 Å². The van der Waals surface area contributed by atoms with Gasteiger partial charge in [-0.3, -0.25) is 4.79 Å². The Hall–Kier alpha value is -0.480. The molecule has 2 N–H and O–H groups in total. The van der Waals surface area contributed by atoms with E-state index in [1.54, 1.807) is 25.1 Å². The third-order valence-corrected chi connectivity index (χ3v) is 2.36. The first-order valence-electron chi connectivity index (χ1n) is 3.79. The van der Waals surface area contributed by atoms with Crippen molar-refractivity contribution in [2.45, 2.75) is 16.6 Å². The summed E-state index contributed by atoms with van der Waals surface area (Å²) in [5.74, 6) is -0.0200. The van der Waals surface area contributed by atoms with Gasteiger partial charge < -0.3 is 5.73 Å². The van der Waals surface area contributed by atoms with Crippen LogP contribution in [0.3, 0.4) is 0 Å². The molecular weight excluding hydrogens is 250 g/mol. The van der Waals surface area contributed by atoms with Gasteiger partial charge in [-0.1, -0.05) is 15.9 Å². The summed E-state index contributed by atoms with van der Waals surface area (Å²) in [5, 5.41) is 0. The number of carbonyl (C=O) groups excluding carboxylic acids is 1. The predicted molar refractivity (Wildman–Crippen MR) is 60.8 cm³/mol. The van der Waals surface area contributed by atoms with Gasteiger partial charge in [0.2, 0.25) is 0 Å². The highest BCUT2D eigenvalue weighted by Crippen LogP contribution is 2.20. The molecule has 1 aromatic rings. The van der Waals surface area contributed by atoms with Crippen LogP contribution in [0.15, 0.2) is 23.1 Å². The topological polar surface area (TPSA) is 43.1 Å². The first-order chi connectivity index (χ1) is 6.02. The molecule has 0 saturated carbocycles. The summed E-state index contributed by atoms with van der Waals surface area (Å²) in [7, 11) is 0. The number of nitrogen functional groups attached to an aromatic ring is 1. The van der Waals surface area contributed by atoms with Crippen LogP contribution in [0.1, 0.15) is 17.3 Å². The fourth-order valence-electron chi connectivity index (χ4n) is 0.972. The molecule has 0 aliphatic rings. The third-order valence-electron chi connectivity index (χ3n) is 1.66. The minimum atomic E-state index is -0.218. The zero-order chi connectivity index (χ0) is 10.0. The largest absolute Gasteiger partial charge is 0.398 e. The second-order valence-electron chi connectivity index (χ2n) is 2.75. The number of hydrogen-bond donors (Lipinski definition) is 2. The van der Waals surface area contributed by atoms with Crippen molar-refractivity contribution in [3.05, 3.63) is 23.8 Å². The Morgan fingerprint density at radius 2 is 2.23 bits per heavy atom. The van der Waals surface area contributed by atoms with Crippen molar-refractivity contribution in [1.29, 1.82) is 0 Å². The summed E-state index contributed by atoms with van der Waals surface area (Å²) in [5.41, 5.74) is 6.67. The molecule has 0 aromatic heterocycles. The van der Waals surface area contributed by atoms with Gasteiger partial charge in [-0.15, -0.1) is 12.6 Å². The van der Waals surface area contributed by atoms with Crippen molar-refractivity contribution >= 4 is 40.0 Å². The molecule has 0 spiro atoms. The lowest BCUT2D eigenvalue weighted by Crippen LogP contribution is -2.12. The van der Waals surface area contributed by atoms with Crippen LogP contribution in [0.5, 0.6) is 0 Å². The Labute approximate surface area is 91.1 Å². The predicted octanol–water partition coefficient (Wildman–Crippen LogP) is 2.52. The summed E-state index contributed by atoms with van der Waals surface area (Å²) < 4.78 is 0. The Morgan fingerprint density at radius 1 is 1.62 bits per heavy atom. The highest BCUT2D eigenvalue weighted by molar-refractivity contribution is 9.10. The maximum Gasteiger partial charge on any atom is 0.178 e. The summed E-state index contributed by atoms with van der Waals surface area (Å²) >= 11 is 7.35. The smallest absolute Gasteiger partial charge is 0.178 e. The molecule has 13 heavy (non-hydrogen) atoms. The van der Waals surface area contributed by atoms with E-state index in [1.807, 2.05) is 0 Å². The number of hydrogen-bond acceptors (Lipinski definition) is 3. The highest BCUT2D eigenvalue weighted by atomic mass is 79.9. The lowest BCUT2D eigenvalue weighted by atomic mass is 10.1. The van der Waals surface area contributed by atoms with E-state index in [2.05, 4.69) is 28.6 Å². The minimum absolute atomic E-state index is 0.0200. The molecule has 0 amide bonds. The third kappa shape index (κ3) is 2.48. The van der Waals surface area contributed by atoms with Crippen molar-refractivity contribution in [2.75, 3.05) is 5.73 Å². The number of ketones is 1. The van der Waals surface area contributed by atoms with E-state index in [0.717, 1.165) is 4.90 Å². The lowest BCUT2D eigenvalue weighted by Gasteiger charge is -2.06. The first-order valence-corrected chi connectivity index (χ1v) is 5.15. The molecule has 4 heteroatoms. The van der Waals surface area contributed by atoms with Gasteiger partial charge in [0.15, 0.2) is 5.78 Å². The number of benzene rings is 1. The van der Waals surface area contributed by atoms with Crippen molar-refractivity contribution < 1.29 is 4.79 Å². The maximum absolute atomic E-state index is 11.6. The van der Waals surface area contributed by atoms with E-state index < -0.39 is 0 Å². The summed E-state index contributed by atoms with van der Waals surface area (Å²) in [6, 6.07) is 5.12. The molecule has 1 rings (SSSR count). The number of Topliss-reactive ketones (excluding diaryl/α,β-unsaturated/α-hetero) is 1. The molecule has 0 aliphatic heterocycles. The van der Waals surface area contributed by atoms with E-state index in [0.29, 0.717) is 11.3 Å². The van der Waals surface area contributed by atoms with E-state index in [1.165, 1.54) is 0 Å². The van der Waals surface area contributed by atoms with Gasteiger partial charge in [0, 0.05) is 16.1 Å². The number of rotatable bonds is 2. The highest BCUT2D eigenvalue weighted by Gasteiger charge is 2.14. The molecule has 1 atom stereocenters. The molecule has 2 nitrogen and oxygen atoms in total.